The third kappa shape index (κ3) is 3.38. The molecule has 1 saturated carbocycles. The van der Waals surface area contributed by atoms with Crippen LogP contribution in [0.3, 0.4) is 0 Å². The van der Waals surface area contributed by atoms with Crippen LogP contribution in [0.5, 0.6) is 11.8 Å². The van der Waals surface area contributed by atoms with Gasteiger partial charge in [0.1, 0.15) is 17.3 Å². The van der Waals surface area contributed by atoms with Crippen molar-refractivity contribution in [2.45, 2.75) is 23.8 Å². The lowest BCUT2D eigenvalue weighted by molar-refractivity contribution is 0.440. The Balaban J connectivity index is 1.53. The zero-order valence-corrected chi connectivity index (χ0v) is 19.6. The molecule has 1 unspecified atom stereocenters. The SMILES string of the molecule is CNc1cc(F)cc2c1[nH]c1nc(Oc3cncc(S(C)=O)c3)nc(N3C[C@H](N)C4(CC4)C3)c12. The van der Waals surface area contributed by atoms with E-state index in [-0.39, 0.29) is 23.3 Å². The van der Waals surface area contributed by atoms with Crippen molar-refractivity contribution in [3.05, 3.63) is 36.4 Å². The van der Waals surface area contributed by atoms with Crippen molar-refractivity contribution >= 4 is 44.2 Å². The van der Waals surface area contributed by atoms with E-state index in [9.17, 15) is 8.60 Å². The molecule has 4 N–H and O–H groups in total. The van der Waals surface area contributed by atoms with E-state index in [1.54, 1.807) is 19.4 Å². The molecular weight excluding hydrogens is 457 g/mol. The Bertz CT molecular complexity index is 1470. The first-order chi connectivity index (χ1) is 16.4. The van der Waals surface area contributed by atoms with Gasteiger partial charge in [0.2, 0.25) is 0 Å². The number of fused-ring (bicyclic) bond motifs is 3. The van der Waals surface area contributed by atoms with Crippen LogP contribution < -0.4 is 20.7 Å². The summed E-state index contributed by atoms with van der Waals surface area (Å²) in [6.07, 6.45) is 6.83. The Morgan fingerprint density at radius 3 is 2.82 bits per heavy atom. The summed E-state index contributed by atoms with van der Waals surface area (Å²) in [6.45, 7) is 1.44. The van der Waals surface area contributed by atoms with Gasteiger partial charge in [-0.1, -0.05) is 0 Å². The molecule has 3 aromatic heterocycles. The maximum Gasteiger partial charge on any atom is 0.326 e. The maximum atomic E-state index is 14.5. The van der Waals surface area contributed by atoms with Gasteiger partial charge in [0.25, 0.3) is 0 Å². The van der Waals surface area contributed by atoms with Crippen LogP contribution in [-0.4, -0.2) is 56.6 Å². The van der Waals surface area contributed by atoms with Crippen molar-refractivity contribution in [3.8, 4) is 11.8 Å². The van der Waals surface area contributed by atoms with Gasteiger partial charge in [-0.3, -0.25) is 9.19 Å². The maximum absolute atomic E-state index is 14.5. The summed E-state index contributed by atoms with van der Waals surface area (Å²) in [5, 5.41) is 4.46. The zero-order chi connectivity index (χ0) is 23.6. The molecule has 34 heavy (non-hydrogen) atoms. The zero-order valence-electron chi connectivity index (χ0n) is 18.8. The predicted octanol–water partition coefficient (Wildman–Crippen LogP) is 3.14. The third-order valence-electron chi connectivity index (χ3n) is 6.88. The molecular formula is C23H24FN7O2S. The number of ether oxygens (including phenoxy) is 1. The molecule has 1 aromatic carbocycles. The number of aromatic nitrogens is 4. The molecule has 2 atom stereocenters. The van der Waals surface area contributed by atoms with Gasteiger partial charge >= 0.3 is 6.01 Å². The van der Waals surface area contributed by atoms with Gasteiger partial charge in [0, 0.05) is 55.5 Å². The van der Waals surface area contributed by atoms with Gasteiger partial charge in [-0.25, -0.2) is 4.39 Å². The first kappa shape index (κ1) is 21.2. The fraction of sp³-hybridized carbons (Fsp3) is 0.348. The molecule has 2 aliphatic rings. The number of nitrogens with zero attached hydrogens (tertiary/aromatic N) is 4. The highest BCUT2D eigenvalue weighted by atomic mass is 32.2. The first-order valence-corrected chi connectivity index (χ1v) is 12.6. The summed E-state index contributed by atoms with van der Waals surface area (Å²) < 4.78 is 32.3. The van der Waals surface area contributed by atoms with E-state index in [1.807, 2.05) is 0 Å². The molecule has 0 bridgehead atoms. The minimum Gasteiger partial charge on any atom is -0.423 e. The summed E-state index contributed by atoms with van der Waals surface area (Å²) in [5.74, 6) is 0.686. The summed E-state index contributed by atoms with van der Waals surface area (Å²) in [4.78, 5) is 19.5. The lowest BCUT2D eigenvalue weighted by Crippen LogP contribution is -2.30. The van der Waals surface area contributed by atoms with Crippen LogP contribution in [0.1, 0.15) is 12.8 Å². The molecule has 0 amide bonds. The molecule has 1 aliphatic carbocycles. The molecule has 4 heterocycles. The van der Waals surface area contributed by atoms with Gasteiger partial charge in [0.05, 0.1) is 38.5 Å². The Kier molecular flexibility index (Phi) is 4.75. The van der Waals surface area contributed by atoms with Gasteiger partial charge in [-0.2, -0.15) is 9.97 Å². The number of halogens is 1. The van der Waals surface area contributed by atoms with E-state index < -0.39 is 10.8 Å². The minimum atomic E-state index is -1.20. The minimum absolute atomic E-state index is 0.0529. The van der Waals surface area contributed by atoms with Crippen LogP contribution in [0.2, 0.25) is 0 Å². The molecule has 11 heteroatoms. The number of nitrogens with one attached hydrogen (secondary N) is 2. The summed E-state index contributed by atoms with van der Waals surface area (Å²) in [6, 6.07) is 4.76. The highest BCUT2D eigenvalue weighted by Gasteiger charge is 2.54. The van der Waals surface area contributed by atoms with Crippen LogP contribution in [0.25, 0.3) is 21.9 Å². The Labute approximate surface area is 197 Å². The molecule has 4 aromatic rings. The summed E-state index contributed by atoms with van der Waals surface area (Å²) in [7, 11) is 0.543. The van der Waals surface area contributed by atoms with Gasteiger partial charge in [-0.05, 0) is 25.0 Å². The molecule has 1 spiro atoms. The Hall–Kier alpha value is -3.31. The molecule has 1 aliphatic heterocycles. The highest BCUT2D eigenvalue weighted by Crippen LogP contribution is 2.53. The first-order valence-electron chi connectivity index (χ1n) is 11.0. The number of H-pyrrole nitrogens is 1. The van der Waals surface area contributed by atoms with E-state index in [1.165, 1.54) is 24.5 Å². The quantitative estimate of drug-likeness (QED) is 0.397. The van der Waals surface area contributed by atoms with Crippen LogP contribution in [0, 0.1) is 11.2 Å². The van der Waals surface area contributed by atoms with Crippen molar-refractivity contribution in [2.75, 3.05) is 36.6 Å². The van der Waals surface area contributed by atoms with Crippen molar-refractivity contribution in [1.29, 1.82) is 0 Å². The average Bonchev–Trinajstić information content (AvgIpc) is 3.40. The lowest BCUT2D eigenvalue weighted by atomic mass is 10.0. The number of benzene rings is 1. The van der Waals surface area contributed by atoms with E-state index in [0.29, 0.717) is 39.7 Å². The summed E-state index contributed by atoms with van der Waals surface area (Å²) >= 11 is 0. The normalized spacial score (nSPS) is 19.8. The van der Waals surface area contributed by atoms with Crippen molar-refractivity contribution < 1.29 is 13.3 Å². The molecule has 176 valence electrons. The van der Waals surface area contributed by atoms with E-state index in [4.69, 9.17) is 15.5 Å². The molecule has 0 radical (unpaired) electrons. The van der Waals surface area contributed by atoms with Crippen LogP contribution in [0.15, 0.2) is 35.5 Å². The predicted molar refractivity (Wildman–Crippen MR) is 129 cm³/mol. The number of nitrogens with two attached hydrogens (primary N) is 1. The fourth-order valence-electron chi connectivity index (χ4n) is 4.86. The van der Waals surface area contributed by atoms with Crippen molar-refractivity contribution in [3.63, 3.8) is 0 Å². The van der Waals surface area contributed by atoms with Crippen LogP contribution >= 0.6 is 0 Å². The molecule has 9 nitrogen and oxygen atoms in total. The fourth-order valence-corrected chi connectivity index (χ4v) is 5.35. The van der Waals surface area contributed by atoms with Gasteiger partial charge < -0.3 is 25.7 Å². The van der Waals surface area contributed by atoms with E-state index in [2.05, 4.69) is 25.2 Å². The van der Waals surface area contributed by atoms with Crippen molar-refractivity contribution in [2.24, 2.45) is 11.1 Å². The summed E-state index contributed by atoms with van der Waals surface area (Å²) in [5.41, 5.74) is 8.50. The average molecular weight is 482 g/mol. The Morgan fingerprint density at radius 1 is 1.29 bits per heavy atom. The van der Waals surface area contributed by atoms with Gasteiger partial charge in [-0.15, -0.1) is 0 Å². The number of anilines is 2. The Morgan fingerprint density at radius 2 is 2.12 bits per heavy atom. The number of hydrogen-bond donors (Lipinski definition) is 3. The number of rotatable bonds is 5. The highest BCUT2D eigenvalue weighted by molar-refractivity contribution is 7.84. The second-order valence-electron chi connectivity index (χ2n) is 9.07. The largest absolute Gasteiger partial charge is 0.423 e. The lowest BCUT2D eigenvalue weighted by Gasteiger charge is -2.19. The van der Waals surface area contributed by atoms with Crippen LogP contribution in [0.4, 0.5) is 15.9 Å². The monoisotopic (exact) mass is 481 g/mol. The topological polar surface area (TPSA) is 122 Å². The van der Waals surface area contributed by atoms with E-state index >= 15 is 0 Å². The standard InChI is InChI=1S/C23H24FN7O2S/c1-26-16-6-12(24)5-15-18-20(28-19(15)16)29-22(33-13-7-14(34(2)32)9-27-8-13)30-21(18)31-10-17(25)23(11-31)3-4-23/h5-9,17,26H,3-4,10-11,25H2,1-2H3,(H,28,29,30)/t17-,34?/m0/s1. The second kappa shape index (κ2) is 7.60. The number of pyridine rings is 1. The molecule has 1 saturated heterocycles. The molecule has 6 rings (SSSR count). The smallest absolute Gasteiger partial charge is 0.326 e. The van der Waals surface area contributed by atoms with Gasteiger partial charge in [0.15, 0.2) is 5.75 Å². The second-order valence-corrected chi connectivity index (χ2v) is 10.4. The van der Waals surface area contributed by atoms with E-state index in [0.717, 1.165) is 30.3 Å². The molecule has 2 fully saturated rings. The van der Waals surface area contributed by atoms with Crippen LogP contribution in [-0.2, 0) is 10.8 Å². The third-order valence-corrected chi connectivity index (χ3v) is 7.77. The number of aromatic amines is 1. The number of hydrogen-bond acceptors (Lipinski definition) is 8. The van der Waals surface area contributed by atoms with Crippen molar-refractivity contribution in [1.82, 2.24) is 19.9 Å².